The van der Waals surface area contributed by atoms with Gasteiger partial charge in [-0.3, -0.25) is 9.59 Å². The van der Waals surface area contributed by atoms with Crippen LogP contribution in [0.4, 0.5) is 0 Å². The van der Waals surface area contributed by atoms with Crippen molar-refractivity contribution in [2.24, 2.45) is 10.8 Å². The molecule has 56 heavy (non-hydrogen) atoms. The minimum atomic E-state index is -1.56. The molecule has 0 amide bonds. The largest absolute Gasteiger partial charge is 0.464 e. The summed E-state index contributed by atoms with van der Waals surface area (Å²) in [7, 11) is 0. The highest BCUT2D eigenvalue weighted by atomic mass is 16.6. The van der Waals surface area contributed by atoms with Crippen LogP contribution in [0.1, 0.15) is 54.4 Å². The lowest BCUT2D eigenvalue weighted by Gasteiger charge is -2.31. The third-order valence-electron chi connectivity index (χ3n) is 6.96. The smallest absolute Gasteiger partial charge is 0.333 e. The molecule has 0 aromatic carbocycles. The summed E-state index contributed by atoms with van der Waals surface area (Å²) in [6.45, 7) is 25.2. The number of ether oxygens (including phenoxy) is 8. The van der Waals surface area contributed by atoms with Crippen LogP contribution in [-0.2, 0) is 76.3 Å². The van der Waals surface area contributed by atoms with Gasteiger partial charge in [-0.2, -0.15) is 0 Å². The lowest BCUT2D eigenvalue weighted by molar-refractivity contribution is -0.169. The van der Waals surface area contributed by atoms with Gasteiger partial charge in [-0.05, 0) is 41.5 Å². The Labute approximate surface area is 326 Å². The number of rotatable bonds is 26. The van der Waals surface area contributed by atoms with Crippen molar-refractivity contribution in [3.05, 3.63) is 85.1 Å². The average molecular weight is 789 g/mol. The van der Waals surface area contributed by atoms with Gasteiger partial charge in [0.05, 0.1) is 12.8 Å². The van der Waals surface area contributed by atoms with E-state index in [9.17, 15) is 38.4 Å². The van der Waals surface area contributed by atoms with E-state index in [0.29, 0.717) is 0 Å². The second-order valence-corrected chi connectivity index (χ2v) is 13.3. The minimum Gasteiger partial charge on any atom is -0.464 e. The van der Waals surface area contributed by atoms with Crippen LogP contribution >= 0.6 is 0 Å². The molecule has 0 heterocycles. The first-order valence-electron chi connectivity index (χ1n) is 16.9. The molecule has 0 N–H and O–H groups in total. The fraction of sp³-hybridized carbons (Fsp3) is 0.450. The van der Waals surface area contributed by atoms with Gasteiger partial charge in [0.15, 0.2) is 0 Å². The molecule has 0 atom stereocenters. The summed E-state index contributed by atoms with van der Waals surface area (Å²) in [5, 5.41) is 0. The molecule has 0 aliphatic rings. The van der Waals surface area contributed by atoms with Crippen LogP contribution in [-0.4, -0.2) is 101 Å². The van der Waals surface area contributed by atoms with Crippen molar-refractivity contribution in [1.82, 2.24) is 0 Å². The molecule has 0 rings (SSSR count). The molecule has 0 aliphatic heterocycles. The van der Waals surface area contributed by atoms with E-state index in [4.69, 9.17) is 37.9 Å². The number of carbonyl (C=O) groups excluding carboxylic acids is 8. The van der Waals surface area contributed by atoms with Crippen molar-refractivity contribution < 1.29 is 76.3 Å². The van der Waals surface area contributed by atoms with Gasteiger partial charge in [0.1, 0.15) is 63.7 Å². The summed E-state index contributed by atoms with van der Waals surface area (Å²) in [4.78, 5) is 98.8. The van der Waals surface area contributed by atoms with Crippen LogP contribution in [0, 0.1) is 10.8 Å². The molecule has 0 aromatic heterocycles. The summed E-state index contributed by atoms with van der Waals surface area (Å²) in [5.74, 6) is -6.51. The average Bonchev–Trinajstić information content (AvgIpc) is 3.13. The highest BCUT2D eigenvalue weighted by Gasteiger charge is 2.39. The Morgan fingerprint density at radius 3 is 0.661 bits per heavy atom. The van der Waals surface area contributed by atoms with Gasteiger partial charge >= 0.3 is 47.8 Å². The normalized spacial score (nSPS) is 10.9. The molecular formula is C40H52O16. The van der Waals surface area contributed by atoms with Crippen molar-refractivity contribution >= 4 is 47.8 Å². The summed E-state index contributed by atoms with van der Waals surface area (Å²) in [6, 6.07) is 0. The topological polar surface area (TPSA) is 210 Å². The van der Waals surface area contributed by atoms with E-state index in [1.165, 1.54) is 53.7 Å². The monoisotopic (exact) mass is 788 g/mol. The van der Waals surface area contributed by atoms with E-state index >= 15 is 0 Å². The third kappa shape index (κ3) is 19.9. The Hall–Kier alpha value is -6.06. The Bertz CT molecular complexity index is 1360. The van der Waals surface area contributed by atoms with Gasteiger partial charge in [0.2, 0.25) is 0 Å². The standard InChI is InChI=1S/C40H52O16/c1-25(2)33(43)51-19-39(20-52-34(44)26(3)4,21-53-35(45)27(5)6)17-49-31(41)15-13-14-16-32(42)50-18-40(22-54-36(46)28(7)8,23-55-37(47)29(9)10)24-56-38(48)30(11)12/h13-14H,1,3,5,7,9,11,15-24H2,2,4,6,8,10,12H3/b14-13+. The molecule has 0 spiro atoms. The third-order valence-corrected chi connectivity index (χ3v) is 6.96. The molecule has 0 aliphatic carbocycles. The van der Waals surface area contributed by atoms with Crippen LogP contribution in [0.3, 0.4) is 0 Å². The van der Waals surface area contributed by atoms with Crippen molar-refractivity contribution in [3.8, 4) is 0 Å². The highest BCUT2D eigenvalue weighted by molar-refractivity contribution is 5.89. The van der Waals surface area contributed by atoms with Crippen LogP contribution < -0.4 is 0 Å². The fourth-order valence-corrected chi connectivity index (χ4v) is 3.50. The van der Waals surface area contributed by atoms with Crippen LogP contribution in [0.25, 0.3) is 0 Å². The first-order chi connectivity index (χ1) is 26.0. The van der Waals surface area contributed by atoms with E-state index in [1.54, 1.807) is 0 Å². The summed E-state index contributed by atoms with van der Waals surface area (Å²) < 4.78 is 42.3. The lowest BCUT2D eigenvalue weighted by Crippen LogP contribution is -2.44. The van der Waals surface area contributed by atoms with Gasteiger partial charge < -0.3 is 37.9 Å². The van der Waals surface area contributed by atoms with Gasteiger partial charge in [0.25, 0.3) is 0 Å². The zero-order chi connectivity index (χ0) is 43.2. The molecule has 308 valence electrons. The van der Waals surface area contributed by atoms with Gasteiger partial charge in [-0.15, -0.1) is 0 Å². The molecule has 0 radical (unpaired) electrons. The maximum Gasteiger partial charge on any atom is 0.333 e. The first-order valence-corrected chi connectivity index (χ1v) is 16.9. The number of carbonyl (C=O) groups is 8. The zero-order valence-corrected chi connectivity index (χ0v) is 33.0. The number of hydrogen-bond donors (Lipinski definition) is 0. The van der Waals surface area contributed by atoms with Crippen molar-refractivity contribution in [2.75, 3.05) is 52.9 Å². The second-order valence-electron chi connectivity index (χ2n) is 13.3. The summed E-state index contributed by atoms with van der Waals surface area (Å²) in [5.41, 5.74) is -2.84. The lowest BCUT2D eigenvalue weighted by atomic mass is 9.92. The van der Waals surface area contributed by atoms with Crippen LogP contribution in [0.5, 0.6) is 0 Å². The highest BCUT2D eigenvalue weighted by Crippen LogP contribution is 2.24. The molecule has 0 aromatic rings. The number of hydrogen-bond acceptors (Lipinski definition) is 16. The molecule has 16 nitrogen and oxygen atoms in total. The fourth-order valence-electron chi connectivity index (χ4n) is 3.50. The van der Waals surface area contributed by atoms with E-state index in [1.807, 2.05) is 0 Å². The molecule has 0 saturated carbocycles. The minimum absolute atomic E-state index is 0.0479. The van der Waals surface area contributed by atoms with Gasteiger partial charge in [-0.25, -0.2) is 28.8 Å². The maximum atomic E-state index is 12.8. The van der Waals surface area contributed by atoms with E-state index in [2.05, 4.69) is 39.5 Å². The molecule has 0 bridgehead atoms. The van der Waals surface area contributed by atoms with Crippen molar-refractivity contribution in [2.45, 2.75) is 54.4 Å². The summed E-state index contributed by atoms with van der Waals surface area (Å²) in [6.07, 6.45) is 1.83. The second kappa shape index (κ2) is 24.4. The Balaban J connectivity index is 5.92. The van der Waals surface area contributed by atoms with Crippen molar-refractivity contribution in [1.29, 1.82) is 0 Å². The predicted octanol–water partition coefficient (Wildman–Crippen LogP) is 4.10. The van der Waals surface area contributed by atoms with Crippen LogP contribution in [0.15, 0.2) is 85.1 Å². The molecule has 0 saturated heterocycles. The Morgan fingerprint density at radius 2 is 0.500 bits per heavy atom. The van der Waals surface area contributed by atoms with E-state index in [-0.39, 0.29) is 46.3 Å². The maximum absolute atomic E-state index is 12.8. The van der Waals surface area contributed by atoms with Crippen molar-refractivity contribution in [3.63, 3.8) is 0 Å². The Morgan fingerprint density at radius 1 is 0.339 bits per heavy atom. The predicted molar refractivity (Wildman–Crippen MR) is 200 cm³/mol. The first kappa shape index (κ1) is 49.9. The molecular weight excluding hydrogens is 736 g/mol. The molecule has 0 unspecified atom stereocenters. The van der Waals surface area contributed by atoms with Gasteiger partial charge in [-0.1, -0.05) is 51.6 Å². The Kier molecular flexibility index (Phi) is 21.7. The van der Waals surface area contributed by atoms with Gasteiger partial charge in [0, 0.05) is 33.4 Å². The van der Waals surface area contributed by atoms with Crippen LogP contribution in [0.2, 0.25) is 0 Å². The molecule has 16 heteroatoms. The van der Waals surface area contributed by atoms with E-state index < -0.39 is 111 Å². The molecule has 0 fully saturated rings. The quantitative estimate of drug-likeness (QED) is 0.0523. The number of esters is 8. The zero-order valence-electron chi connectivity index (χ0n) is 33.0. The summed E-state index contributed by atoms with van der Waals surface area (Å²) >= 11 is 0. The van der Waals surface area contributed by atoms with E-state index in [0.717, 1.165) is 0 Å². The SMILES string of the molecule is C=C(C)C(=O)OCC(COC(=O)C/C=C/CC(=O)OCC(COC(=O)C(=C)C)(COC(=O)C(=C)C)COC(=O)C(=C)C)(COC(=O)C(=C)C)COC(=O)C(=C)C.